The molecule has 8 fully saturated rings. The summed E-state index contributed by atoms with van der Waals surface area (Å²) in [4.78, 5) is 0. The molecular weight excluding hydrogens is 664 g/mol. The molecule has 0 aromatic carbocycles. The van der Waals surface area contributed by atoms with E-state index >= 15 is 0 Å². The fourth-order valence-corrected chi connectivity index (χ4v) is 13.0. The van der Waals surface area contributed by atoms with E-state index in [0.29, 0.717) is 41.9 Å². The highest BCUT2D eigenvalue weighted by atomic mass is 16.7. The Labute approximate surface area is 300 Å². The van der Waals surface area contributed by atoms with Crippen molar-refractivity contribution in [1.82, 2.24) is 0 Å². The summed E-state index contributed by atoms with van der Waals surface area (Å²) < 4.78 is 37.6. The van der Waals surface area contributed by atoms with Gasteiger partial charge in [0.1, 0.15) is 42.7 Å². The molecule has 4 heterocycles. The van der Waals surface area contributed by atoms with Gasteiger partial charge in [-0.2, -0.15) is 0 Å². The zero-order chi connectivity index (χ0) is 36.2. The normalized spacial score (nSPS) is 59.9. The maximum Gasteiger partial charge on any atom is 0.186 e. The van der Waals surface area contributed by atoms with Crippen LogP contribution in [0.4, 0.5) is 0 Å². The number of aliphatic hydroxyl groups excluding tert-OH is 7. The first-order valence-electron chi connectivity index (χ1n) is 19.8. The van der Waals surface area contributed by atoms with Gasteiger partial charge in [0.25, 0.3) is 0 Å². The Morgan fingerprint density at radius 2 is 1.49 bits per heavy atom. The second kappa shape index (κ2) is 13.6. The summed E-state index contributed by atoms with van der Waals surface area (Å²) in [6.45, 7) is 9.30. The molecule has 22 unspecified atom stereocenters. The molecule has 292 valence electrons. The van der Waals surface area contributed by atoms with Crippen LogP contribution in [0.3, 0.4) is 0 Å². The lowest BCUT2D eigenvalue weighted by molar-refractivity contribution is -0.360. The van der Waals surface area contributed by atoms with Gasteiger partial charge in [0.05, 0.1) is 38.1 Å². The Morgan fingerprint density at radius 1 is 0.725 bits per heavy atom. The molecule has 0 aromatic heterocycles. The van der Waals surface area contributed by atoms with E-state index in [4.69, 9.17) is 28.4 Å². The summed E-state index contributed by atoms with van der Waals surface area (Å²) in [6, 6.07) is 0. The third-order valence-electron chi connectivity index (χ3n) is 15.8. The molecular formula is C38H62O13. The van der Waals surface area contributed by atoms with E-state index in [1.165, 1.54) is 0 Å². The van der Waals surface area contributed by atoms with Crippen molar-refractivity contribution >= 4 is 0 Å². The zero-order valence-electron chi connectivity index (χ0n) is 30.5. The number of aliphatic hydroxyl groups is 7. The second-order valence-electron chi connectivity index (χ2n) is 18.4. The van der Waals surface area contributed by atoms with Gasteiger partial charge < -0.3 is 64.2 Å². The highest BCUT2D eigenvalue weighted by Gasteiger charge is 2.70. The summed E-state index contributed by atoms with van der Waals surface area (Å²) in [5, 5.41) is 74.5. The molecule has 22 atom stereocenters. The van der Waals surface area contributed by atoms with E-state index in [-0.39, 0.29) is 35.6 Å². The van der Waals surface area contributed by atoms with Crippen LogP contribution >= 0.6 is 0 Å². The lowest BCUT2D eigenvalue weighted by Crippen LogP contribution is -2.65. The molecule has 4 aliphatic heterocycles. The van der Waals surface area contributed by atoms with Crippen molar-refractivity contribution in [3.05, 3.63) is 0 Å². The van der Waals surface area contributed by atoms with Gasteiger partial charge in [-0.3, -0.25) is 0 Å². The van der Waals surface area contributed by atoms with Crippen molar-refractivity contribution < 1.29 is 64.2 Å². The minimum atomic E-state index is -1.64. The Morgan fingerprint density at radius 3 is 2.22 bits per heavy atom. The topological polar surface area (TPSA) is 197 Å². The summed E-state index contributed by atoms with van der Waals surface area (Å²) >= 11 is 0. The number of hydrogen-bond donors (Lipinski definition) is 7. The molecule has 7 N–H and O–H groups in total. The van der Waals surface area contributed by atoms with E-state index in [2.05, 4.69) is 27.7 Å². The second-order valence-corrected chi connectivity index (χ2v) is 18.4. The molecule has 51 heavy (non-hydrogen) atoms. The van der Waals surface area contributed by atoms with Crippen LogP contribution < -0.4 is 0 Å². The van der Waals surface area contributed by atoms with Gasteiger partial charge in [0.15, 0.2) is 18.4 Å². The van der Waals surface area contributed by atoms with E-state index in [1.807, 2.05) is 0 Å². The maximum atomic E-state index is 11.6. The Hall–Kier alpha value is -0.520. The Bertz CT molecular complexity index is 1250. The molecule has 13 heteroatoms. The minimum absolute atomic E-state index is 0.00133. The molecule has 4 saturated carbocycles. The first-order chi connectivity index (χ1) is 24.2. The fourth-order valence-electron chi connectivity index (χ4n) is 13.0. The highest BCUT2D eigenvalue weighted by molar-refractivity contribution is 5.16. The average molecular weight is 727 g/mol. The third kappa shape index (κ3) is 5.90. The molecule has 0 bridgehead atoms. The highest BCUT2D eigenvalue weighted by Crippen LogP contribution is 2.71. The standard InChI is InChI=1S/C38H62O13/c1-17-5-10-38(47-15-17)18(2)28-26(51-38)13-22-20-12-25(23-11-19(40)6-8-36(23,3)21(20)7-9-37(22,28)4)48-35-32(45)33(30(43)27(14-39)49-35)50-34-31(44)29(42)24(41)16-46-34/h17-35,39-45H,5-16H2,1-4H3. The number of rotatable bonds is 5. The monoisotopic (exact) mass is 726 g/mol. The molecule has 4 aliphatic carbocycles. The van der Waals surface area contributed by atoms with Crippen LogP contribution in [0, 0.1) is 52.3 Å². The van der Waals surface area contributed by atoms with Crippen LogP contribution in [-0.4, -0.2) is 135 Å². The van der Waals surface area contributed by atoms with Crippen molar-refractivity contribution in [1.29, 1.82) is 0 Å². The van der Waals surface area contributed by atoms with Crippen LogP contribution in [0.1, 0.15) is 85.5 Å². The minimum Gasteiger partial charge on any atom is -0.394 e. The quantitative estimate of drug-likeness (QED) is 0.199. The molecule has 13 nitrogen and oxygen atoms in total. The summed E-state index contributed by atoms with van der Waals surface area (Å²) in [6.07, 6.45) is -5.33. The third-order valence-corrected chi connectivity index (χ3v) is 15.8. The molecule has 0 amide bonds. The summed E-state index contributed by atoms with van der Waals surface area (Å²) in [5.74, 6) is 1.96. The van der Waals surface area contributed by atoms with Gasteiger partial charge in [0, 0.05) is 12.3 Å². The first-order valence-corrected chi connectivity index (χ1v) is 19.8. The largest absolute Gasteiger partial charge is 0.394 e. The molecule has 8 aliphatic rings. The smallest absolute Gasteiger partial charge is 0.186 e. The van der Waals surface area contributed by atoms with Gasteiger partial charge >= 0.3 is 0 Å². The number of fused-ring (bicyclic) bond motifs is 7. The van der Waals surface area contributed by atoms with E-state index < -0.39 is 73.8 Å². The van der Waals surface area contributed by atoms with Gasteiger partial charge in [-0.15, -0.1) is 0 Å². The van der Waals surface area contributed by atoms with E-state index in [9.17, 15) is 35.7 Å². The van der Waals surface area contributed by atoms with Crippen LogP contribution in [0.5, 0.6) is 0 Å². The maximum absolute atomic E-state index is 11.6. The molecule has 4 saturated heterocycles. The van der Waals surface area contributed by atoms with Gasteiger partial charge in [-0.25, -0.2) is 0 Å². The van der Waals surface area contributed by atoms with Crippen LogP contribution in [0.15, 0.2) is 0 Å². The van der Waals surface area contributed by atoms with Crippen molar-refractivity contribution in [3.8, 4) is 0 Å². The molecule has 0 radical (unpaired) electrons. The van der Waals surface area contributed by atoms with Crippen molar-refractivity contribution in [2.75, 3.05) is 19.8 Å². The zero-order valence-corrected chi connectivity index (χ0v) is 30.5. The van der Waals surface area contributed by atoms with Gasteiger partial charge in [-0.05, 0) is 97.7 Å². The summed E-state index contributed by atoms with van der Waals surface area (Å²) in [5.41, 5.74) is -0.0292. The SMILES string of the molecule is CC1CCC2(OC1)OC1CC3C4CC(OC5OC(CO)C(O)C(OC6OCC(O)C(O)C6O)C5O)C5CC(O)CCC5(C)C4CCC3(C)C1C2C. The predicted octanol–water partition coefficient (Wildman–Crippen LogP) is 1.05. The van der Waals surface area contributed by atoms with Crippen molar-refractivity contribution in [3.63, 3.8) is 0 Å². The number of ether oxygens (including phenoxy) is 6. The predicted molar refractivity (Wildman–Crippen MR) is 178 cm³/mol. The van der Waals surface area contributed by atoms with Crippen LogP contribution in [-0.2, 0) is 28.4 Å². The van der Waals surface area contributed by atoms with Gasteiger partial charge in [-0.1, -0.05) is 27.7 Å². The van der Waals surface area contributed by atoms with Crippen LogP contribution in [0.25, 0.3) is 0 Å². The summed E-state index contributed by atoms with van der Waals surface area (Å²) in [7, 11) is 0. The Kier molecular flexibility index (Phi) is 9.97. The average Bonchev–Trinajstić information content (AvgIpc) is 3.55. The van der Waals surface area contributed by atoms with Crippen molar-refractivity contribution in [2.24, 2.45) is 52.3 Å². The van der Waals surface area contributed by atoms with Crippen LogP contribution in [0.2, 0.25) is 0 Å². The lowest BCUT2D eigenvalue weighted by atomic mass is 9.43. The molecule has 1 spiro atoms. The first kappa shape index (κ1) is 37.4. The van der Waals surface area contributed by atoms with E-state index in [1.54, 1.807) is 0 Å². The fraction of sp³-hybridized carbons (Fsp3) is 1.00. The Balaban J connectivity index is 1.05. The van der Waals surface area contributed by atoms with Crippen molar-refractivity contribution in [2.45, 2.75) is 165 Å². The van der Waals surface area contributed by atoms with Gasteiger partial charge in [0.2, 0.25) is 0 Å². The van der Waals surface area contributed by atoms with E-state index in [0.717, 1.165) is 58.0 Å². The lowest BCUT2D eigenvalue weighted by Gasteiger charge is -2.63. The molecule has 0 aromatic rings. The molecule has 8 rings (SSSR count). The number of hydrogen-bond acceptors (Lipinski definition) is 13.